The Morgan fingerprint density at radius 3 is 2.44 bits per heavy atom. The summed E-state index contributed by atoms with van der Waals surface area (Å²) in [5.41, 5.74) is -0.491. The Morgan fingerprint density at radius 1 is 1.11 bits per heavy atom. The van der Waals surface area contributed by atoms with E-state index in [0.717, 1.165) is 12.1 Å². The number of carbonyl (C=O) groups excluding carboxylic acids is 1. The van der Waals surface area contributed by atoms with Crippen LogP contribution in [0.4, 0.5) is 17.6 Å². The largest absolute Gasteiger partial charge is 0.351 e. The van der Waals surface area contributed by atoms with E-state index in [1.165, 1.54) is 24.4 Å². The van der Waals surface area contributed by atoms with Crippen molar-refractivity contribution >= 4 is 17.5 Å². The molecule has 1 aromatic heterocycles. The van der Waals surface area contributed by atoms with Crippen LogP contribution in [0.3, 0.4) is 0 Å². The maximum atomic E-state index is 13.9. The van der Waals surface area contributed by atoms with Gasteiger partial charge in [-0.25, -0.2) is 18.2 Å². The molecule has 1 amide bonds. The van der Waals surface area contributed by atoms with Crippen LogP contribution in [0.1, 0.15) is 41.6 Å². The van der Waals surface area contributed by atoms with E-state index in [2.05, 4.69) is 10.3 Å². The molecule has 0 unspecified atom stereocenters. The van der Waals surface area contributed by atoms with Crippen molar-refractivity contribution in [2.75, 3.05) is 6.54 Å². The third-order valence-electron chi connectivity index (χ3n) is 5.04. The zero-order valence-corrected chi connectivity index (χ0v) is 15.0. The minimum Gasteiger partial charge on any atom is -0.351 e. The standard InChI is InChI=1S/C19H17ClF4N2O/c20-13-2-3-15(21)14(9-13)17(27)26-11-18(5-7-19(23,24)8-6-18)12-1-4-16(22)25-10-12/h1-4,9-10H,5-8,11H2,(H,26,27). The van der Waals surface area contributed by atoms with Gasteiger partial charge in [-0.2, -0.15) is 4.39 Å². The number of hydrogen-bond donors (Lipinski definition) is 1. The Labute approximate surface area is 158 Å². The Balaban J connectivity index is 1.83. The normalized spacial score (nSPS) is 18.1. The van der Waals surface area contributed by atoms with Gasteiger partial charge in [-0.15, -0.1) is 0 Å². The van der Waals surface area contributed by atoms with E-state index < -0.39 is 29.0 Å². The summed E-state index contributed by atoms with van der Waals surface area (Å²) >= 11 is 5.81. The summed E-state index contributed by atoms with van der Waals surface area (Å²) in [5, 5.41) is 2.82. The second-order valence-corrected chi connectivity index (χ2v) is 7.25. The van der Waals surface area contributed by atoms with Crippen LogP contribution in [0, 0.1) is 11.8 Å². The predicted octanol–water partition coefficient (Wildman–Crippen LogP) is 4.89. The average molecular weight is 401 g/mol. The zero-order chi connectivity index (χ0) is 19.7. The van der Waals surface area contributed by atoms with Crippen molar-refractivity contribution in [3.63, 3.8) is 0 Å². The molecule has 2 aromatic rings. The Hall–Kier alpha value is -2.15. The van der Waals surface area contributed by atoms with Gasteiger partial charge < -0.3 is 5.32 Å². The summed E-state index contributed by atoms with van der Waals surface area (Å²) in [5.74, 6) is -4.88. The number of rotatable bonds is 4. The minimum absolute atomic E-state index is 0.00117. The number of nitrogens with one attached hydrogen (secondary N) is 1. The zero-order valence-electron chi connectivity index (χ0n) is 14.2. The molecule has 0 atom stereocenters. The lowest BCUT2D eigenvalue weighted by Crippen LogP contribution is -2.45. The van der Waals surface area contributed by atoms with E-state index in [-0.39, 0.29) is 42.8 Å². The summed E-state index contributed by atoms with van der Waals surface area (Å²) in [6, 6.07) is 6.24. The van der Waals surface area contributed by atoms with Crippen molar-refractivity contribution < 1.29 is 22.4 Å². The molecule has 1 aromatic carbocycles. The molecule has 3 nitrogen and oxygen atoms in total. The number of aromatic nitrogens is 1. The van der Waals surface area contributed by atoms with E-state index in [4.69, 9.17) is 11.6 Å². The van der Waals surface area contributed by atoms with E-state index in [1.807, 2.05) is 0 Å². The van der Waals surface area contributed by atoms with Crippen LogP contribution in [0.5, 0.6) is 0 Å². The maximum absolute atomic E-state index is 13.9. The van der Waals surface area contributed by atoms with Crippen LogP contribution in [0.25, 0.3) is 0 Å². The van der Waals surface area contributed by atoms with Crippen LogP contribution in [0.2, 0.25) is 5.02 Å². The SMILES string of the molecule is O=C(NCC1(c2ccc(F)nc2)CCC(F)(F)CC1)c1cc(Cl)ccc1F. The number of nitrogens with zero attached hydrogens (tertiary/aromatic N) is 1. The molecule has 1 saturated carbocycles. The fourth-order valence-electron chi connectivity index (χ4n) is 3.37. The molecular formula is C19H17ClF4N2O. The lowest BCUT2D eigenvalue weighted by molar-refractivity contribution is -0.0516. The highest BCUT2D eigenvalue weighted by molar-refractivity contribution is 6.31. The molecule has 0 radical (unpaired) electrons. The molecule has 0 bridgehead atoms. The topological polar surface area (TPSA) is 42.0 Å². The highest BCUT2D eigenvalue weighted by Crippen LogP contribution is 2.45. The molecule has 27 heavy (non-hydrogen) atoms. The predicted molar refractivity (Wildman–Crippen MR) is 93.0 cm³/mol. The molecule has 3 rings (SSSR count). The smallest absolute Gasteiger partial charge is 0.254 e. The van der Waals surface area contributed by atoms with E-state index in [9.17, 15) is 22.4 Å². The molecule has 1 fully saturated rings. The third kappa shape index (κ3) is 4.40. The summed E-state index contributed by atoms with van der Waals surface area (Å²) in [6.45, 7) is 0.00117. The number of amides is 1. The highest BCUT2D eigenvalue weighted by Gasteiger charge is 2.44. The first-order valence-corrected chi connectivity index (χ1v) is 8.82. The van der Waals surface area contributed by atoms with Gasteiger partial charge in [0, 0.05) is 36.0 Å². The molecular weight excluding hydrogens is 384 g/mol. The van der Waals surface area contributed by atoms with E-state index in [0.29, 0.717) is 5.56 Å². The van der Waals surface area contributed by atoms with Crippen molar-refractivity contribution in [1.82, 2.24) is 10.3 Å². The number of carbonyl (C=O) groups is 1. The van der Waals surface area contributed by atoms with Crippen molar-refractivity contribution in [2.24, 2.45) is 0 Å². The third-order valence-corrected chi connectivity index (χ3v) is 5.27. The van der Waals surface area contributed by atoms with Gasteiger partial charge in [-0.3, -0.25) is 4.79 Å². The summed E-state index contributed by atoms with van der Waals surface area (Å²) in [7, 11) is 0. The first kappa shape index (κ1) is 19.6. The summed E-state index contributed by atoms with van der Waals surface area (Å²) < 4.78 is 54.4. The van der Waals surface area contributed by atoms with Crippen LogP contribution in [-0.4, -0.2) is 23.4 Å². The van der Waals surface area contributed by atoms with Crippen LogP contribution in [-0.2, 0) is 5.41 Å². The van der Waals surface area contributed by atoms with E-state index >= 15 is 0 Å². The fraction of sp³-hybridized carbons (Fsp3) is 0.368. The van der Waals surface area contributed by atoms with Gasteiger partial charge >= 0.3 is 0 Å². The van der Waals surface area contributed by atoms with Gasteiger partial charge in [0.15, 0.2) is 0 Å². The number of pyridine rings is 1. The first-order valence-electron chi connectivity index (χ1n) is 8.44. The average Bonchev–Trinajstić information content (AvgIpc) is 2.64. The van der Waals surface area contributed by atoms with Crippen LogP contribution >= 0.6 is 11.6 Å². The van der Waals surface area contributed by atoms with Crippen molar-refractivity contribution in [3.05, 3.63) is 64.4 Å². The van der Waals surface area contributed by atoms with Crippen LogP contribution in [0.15, 0.2) is 36.5 Å². The quantitative estimate of drug-likeness (QED) is 0.586. The summed E-state index contributed by atoms with van der Waals surface area (Å²) in [6.07, 6.45) is 0.764. The highest BCUT2D eigenvalue weighted by atomic mass is 35.5. The lowest BCUT2D eigenvalue weighted by atomic mass is 9.68. The van der Waals surface area contributed by atoms with Crippen molar-refractivity contribution in [1.29, 1.82) is 0 Å². The lowest BCUT2D eigenvalue weighted by Gasteiger charge is -2.40. The van der Waals surface area contributed by atoms with E-state index in [1.54, 1.807) is 0 Å². The number of halogens is 5. The van der Waals surface area contributed by atoms with Gasteiger partial charge in [0.2, 0.25) is 11.9 Å². The molecule has 0 saturated heterocycles. The van der Waals surface area contributed by atoms with Gasteiger partial charge in [-0.1, -0.05) is 17.7 Å². The molecule has 1 N–H and O–H groups in total. The minimum atomic E-state index is -2.78. The number of benzene rings is 1. The second-order valence-electron chi connectivity index (χ2n) is 6.81. The molecule has 1 aliphatic rings. The Bertz CT molecular complexity index is 832. The summed E-state index contributed by atoms with van der Waals surface area (Å²) in [4.78, 5) is 16.0. The van der Waals surface area contributed by atoms with Crippen LogP contribution < -0.4 is 5.32 Å². The molecule has 144 valence electrons. The second kappa shape index (κ2) is 7.46. The van der Waals surface area contributed by atoms with Gasteiger partial charge in [0.05, 0.1) is 5.56 Å². The van der Waals surface area contributed by atoms with Gasteiger partial charge in [0.1, 0.15) is 5.82 Å². The number of hydrogen-bond acceptors (Lipinski definition) is 2. The molecule has 1 aliphatic carbocycles. The van der Waals surface area contributed by atoms with Crippen molar-refractivity contribution in [3.8, 4) is 0 Å². The fourth-order valence-corrected chi connectivity index (χ4v) is 3.54. The molecule has 8 heteroatoms. The monoisotopic (exact) mass is 400 g/mol. The van der Waals surface area contributed by atoms with Crippen molar-refractivity contribution in [2.45, 2.75) is 37.0 Å². The Kier molecular flexibility index (Phi) is 5.42. The molecule has 1 heterocycles. The van der Waals surface area contributed by atoms with Gasteiger partial charge in [-0.05, 0) is 42.7 Å². The van der Waals surface area contributed by atoms with Gasteiger partial charge in [0.25, 0.3) is 5.91 Å². The first-order chi connectivity index (χ1) is 12.7. The number of alkyl halides is 2. The molecule has 0 aliphatic heterocycles. The Morgan fingerprint density at radius 2 is 1.81 bits per heavy atom. The molecule has 0 spiro atoms. The maximum Gasteiger partial charge on any atom is 0.254 e.